The highest BCUT2D eigenvalue weighted by Crippen LogP contribution is 2.43. The molecule has 4 atom stereocenters. The quantitative estimate of drug-likeness (QED) is 0.594. The lowest BCUT2D eigenvalue weighted by molar-refractivity contribution is 0.0702. The molecule has 1 aromatic heterocycles. The highest BCUT2D eigenvalue weighted by molar-refractivity contribution is 7.13. The van der Waals surface area contributed by atoms with Crippen molar-refractivity contribution in [1.82, 2.24) is 0 Å². The Bertz CT molecular complexity index is 567. The van der Waals surface area contributed by atoms with Crippen molar-refractivity contribution in [3.05, 3.63) is 21.9 Å². The van der Waals surface area contributed by atoms with Gasteiger partial charge in [-0.3, -0.25) is 0 Å². The van der Waals surface area contributed by atoms with Crippen molar-refractivity contribution in [2.45, 2.75) is 75.7 Å². The molecule has 1 aromatic rings. The maximum absolute atomic E-state index is 11.0. The Morgan fingerprint density at radius 1 is 1.16 bits per heavy atom. The molecule has 0 bridgehead atoms. The van der Waals surface area contributed by atoms with Crippen LogP contribution in [-0.2, 0) is 6.42 Å². The predicted octanol–water partition coefficient (Wildman–Crippen LogP) is 5.34. The van der Waals surface area contributed by atoms with Gasteiger partial charge in [0.05, 0.1) is 6.10 Å². The number of aryl methyl sites for hydroxylation is 1. The summed E-state index contributed by atoms with van der Waals surface area (Å²) in [5, 5.41) is 19.5. The number of alkyl halides is 1. The van der Waals surface area contributed by atoms with E-state index in [1.807, 2.05) is 6.07 Å². The first-order valence-corrected chi connectivity index (χ1v) is 10.9. The molecular weight excluding hydrogens is 356 g/mol. The van der Waals surface area contributed by atoms with Crippen LogP contribution in [0.1, 0.15) is 72.3 Å². The fourth-order valence-corrected chi connectivity index (χ4v) is 6.19. The molecule has 3 nitrogen and oxygen atoms in total. The molecule has 0 saturated heterocycles. The minimum atomic E-state index is -0.844. The number of aromatic carboxylic acids is 1. The van der Waals surface area contributed by atoms with E-state index in [-0.39, 0.29) is 11.5 Å². The van der Waals surface area contributed by atoms with E-state index in [0.717, 1.165) is 42.9 Å². The standard InChI is InChI=1S/C20H29ClO3S/c21-17-12-18(22)16(10-8-13-4-1-2-5-13)15(17)7-3-6-14-9-11-19(25-14)20(23)24/h9,11,13,15-18,22H,1-8,10,12H2,(H,23,24). The first-order valence-electron chi connectivity index (χ1n) is 9.68. The van der Waals surface area contributed by atoms with Crippen LogP contribution in [0.15, 0.2) is 12.1 Å². The number of hydrogen-bond acceptors (Lipinski definition) is 3. The van der Waals surface area contributed by atoms with E-state index >= 15 is 0 Å². The summed E-state index contributed by atoms with van der Waals surface area (Å²) < 4.78 is 0. The van der Waals surface area contributed by atoms with Crippen LogP contribution in [0, 0.1) is 17.8 Å². The molecule has 2 aliphatic carbocycles. The van der Waals surface area contributed by atoms with Crippen molar-refractivity contribution in [3.8, 4) is 0 Å². The number of rotatable bonds is 8. The summed E-state index contributed by atoms with van der Waals surface area (Å²) >= 11 is 7.93. The molecule has 140 valence electrons. The number of aliphatic hydroxyl groups is 1. The van der Waals surface area contributed by atoms with Crippen molar-refractivity contribution in [2.24, 2.45) is 17.8 Å². The molecule has 2 aliphatic rings. The third-order valence-electron chi connectivity index (χ3n) is 6.19. The van der Waals surface area contributed by atoms with E-state index in [2.05, 4.69) is 0 Å². The molecular formula is C20H29ClO3S. The monoisotopic (exact) mass is 384 g/mol. The first-order chi connectivity index (χ1) is 12.0. The molecule has 0 radical (unpaired) electrons. The normalized spacial score (nSPS) is 30.2. The number of aliphatic hydroxyl groups excluding tert-OH is 1. The minimum Gasteiger partial charge on any atom is -0.477 e. The third-order valence-corrected chi connectivity index (χ3v) is 7.83. The fourth-order valence-electron chi connectivity index (χ4n) is 4.80. The van der Waals surface area contributed by atoms with E-state index in [0.29, 0.717) is 16.7 Å². The van der Waals surface area contributed by atoms with Crippen LogP contribution in [0.3, 0.4) is 0 Å². The van der Waals surface area contributed by atoms with Gasteiger partial charge in [0.25, 0.3) is 0 Å². The second-order valence-electron chi connectivity index (χ2n) is 7.84. The van der Waals surface area contributed by atoms with Crippen LogP contribution in [0.5, 0.6) is 0 Å². The molecule has 2 saturated carbocycles. The molecule has 2 N–H and O–H groups in total. The summed E-state index contributed by atoms with van der Waals surface area (Å²) in [6.07, 6.45) is 11.3. The minimum absolute atomic E-state index is 0.0847. The van der Waals surface area contributed by atoms with Gasteiger partial charge in [0.15, 0.2) is 0 Å². The lowest BCUT2D eigenvalue weighted by Crippen LogP contribution is -2.21. The largest absolute Gasteiger partial charge is 0.477 e. The van der Waals surface area contributed by atoms with Gasteiger partial charge in [-0.15, -0.1) is 22.9 Å². The molecule has 0 aliphatic heterocycles. The summed E-state index contributed by atoms with van der Waals surface area (Å²) in [6.45, 7) is 0. The smallest absolute Gasteiger partial charge is 0.345 e. The SMILES string of the molecule is O=C(O)c1ccc(CCCC2C(Cl)CC(O)C2CCC2CCCC2)s1. The van der Waals surface area contributed by atoms with E-state index in [1.165, 1.54) is 43.4 Å². The maximum atomic E-state index is 11.0. The highest BCUT2D eigenvalue weighted by atomic mass is 35.5. The summed E-state index contributed by atoms with van der Waals surface area (Å²) in [7, 11) is 0. The van der Waals surface area contributed by atoms with Crippen molar-refractivity contribution in [1.29, 1.82) is 0 Å². The Labute approximate surface area is 159 Å². The molecule has 4 unspecified atom stereocenters. The van der Waals surface area contributed by atoms with Gasteiger partial charge in [-0.05, 0) is 62.0 Å². The number of carboxylic acid groups (broad SMARTS) is 1. The van der Waals surface area contributed by atoms with E-state index in [4.69, 9.17) is 16.7 Å². The lowest BCUT2D eigenvalue weighted by Gasteiger charge is -2.24. The number of hydrogen-bond donors (Lipinski definition) is 2. The molecule has 0 spiro atoms. The van der Waals surface area contributed by atoms with Crippen LogP contribution in [0.4, 0.5) is 0 Å². The summed E-state index contributed by atoms with van der Waals surface area (Å²) in [5.74, 6) is 0.767. The topological polar surface area (TPSA) is 57.5 Å². The molecule has 3 rings (SSSR count). The van der Waals surface area contributed by atoms with Crippen LogP contribution in [0.2, 0.25) is 0 Å². The Balaban J connectivity index is 1.48. The van der Waals surface area contributed by atoms with Crippen LogP contribution in [-0.4, -0.2) is 27.7 Å². The zero-order chi connectivity index (χ0) is 17.8. The molecule has 25 heavy (non-hydrogen) atoms. The number of halogens is 1. The second kappa shape index (κ2) is 8.88. The van der Waals surface area contributed by atoms with Crippen LogP contribution >= 0.6 is 22.9 Å². The van der Waals surface area contributed by atoms with E-state index in [9.17, 15) is 9.90 Å². The number of carbonyl (C=O) groups is 1. The third kappa shape index (κ3) is 4.99. The Hall–Kier alpha value is -0.580. The molecule has 0 amide bonds. The van der Waals surface area contributed by atoms with Gasteiger partial charge in [0.1, 0.15) is 4.88 Å². The van der Waals surface area contributed by atoms with Crippen molar-refractivity contribution in [3.63, 3.8) is 0 Å². The molecule has 0 aromatic carbocycles. The van der Waals surface area contributed by atoms with Crippen LogP contribution < -0.4 is 0 Å². The molecule has 2 fully saturated rings. The van der Waals surface area contributed by atoms with Gasteiger partial charge in [0.2, 0.25) is 0 Å². The lowest BCUT2D eigenvalue weighted by atomic mass is 9.84. The second-order valence-corrected chi connectivity index (χ2v) is 9.57. The molecule has 1 heterocycles. The zero-order valence-electron chi connectivity index (χ0n) is 14.7. The average Bonchev–Trinajstić information content (AvgIpc) is 3.28. The van der Waals surface area contributed by atoms with E-state index in [1.54, 1.807) is 6.07 Å². The van der Waals surface area contributed by atoms with Crippen molar-refractivity contribution < 1.29 is 15.0 Å². The van der Waals surface area contributed by atoms with Gasteiger partial charge in [-0.2, -0.15) is 0 Å². The summed E-state index contributed by atoms with van der Waals surface area (Å²) in [4.78, 5) is 12.5. The summed E-state index contributed by atoms with van der Waals surface area (Å²) in [6, 6.07) is 3.61. The van der Waals surface area contributed by atoms with Gasteiger partial charge in [-0.1, -0.05) is 32.1 Å². The fraction of sp³-hybridized carbons (Fsp3) is 0.750. The van der Waals surface area contributed by atoms with Gasteiger partial charge < -0.3 is 10.2 Å². The van der Waals surface area contributed by atoms with Crippen LogP contribution in [0.25, 0.3) is 0 Å². The summed E-state index contributed by atoms with van der Waals surface area (Å²) in [5.41, 5.74) is 0. The maximum Gasteiger partial charge on any atom is 0.345 e. The average molecular weight is 385 g/mol. The predicted molar refractivity (Wildman–Crippen MR) is 103 cm³/mol. The number of thiophene rings is 1. The van der Waals surface area contributed by atoms with Gasteiger partial charge in [0, 0.05) is 10.3 Å². The van der Waals surface area contributed by atoms with Gasteiger partial charge in [-0.25, -0.2) is 4.79 Å². The Morgan fingerprint density at radius 2 is 1.92 bits per heavy atom. The highest BCUT2D eigenvalue weighted by Gasteiger charge is 2.40. The van der Waals surface area contributed by atoms with Gasteiger partial charge >= 0.3 is 5.97 Å². The Kier molecular flexibility index (Phi) is 6.81. The number of carboxylic acids is 1. The van der Waals surface area contributed by atoms with Crippen molar-refractivity contribution >= 4 is 28.9 Å². The first kappa shape index (κ1) is 19.2. The van der Waals surface area contributed by atoms with Crippen molar-refractivity contribution in [2.75, 3.05) is 0 Å². The molecule has 5 heteroatoms. The van der Waals surface area contributed by atoms with E-state index < -0.39 is 5.97 Å². The zero-order valence-corrected chi connectivity index (χ0v) is 16.3. The Morgan fingerprint density at radius 3 is 2.60 bits per heavy atom.